The summed E-state index contributed by atoms with van der Waals surface area (Å²) in [4.78, 5) is 0. The van der Waals surface area contributed by atoms with E-state index < -0.39 is 0 Å². The standard InChI is InChI=1S/C18H16INO2S/c1-3-11-8-14(16(21)9-17(11)22-2)18-15(10-23-20-18)12-4-6-13(19)7-5-12/h4-10,21H,3H2,1-2H3. The fourth-order valence-corrected chi connectivity index (χ4v) is 3.60. The number of hydrogen-bond acceptors (Lipinski definition) is 4. The summed E-state index contributed by atoms with van der Waals surface area (Å²) in [6.45, 7) is 2.07. The van der Waals surface area contributed by atoms with Gasteiger partial charge >= 0.3 is 0 Å². The molecule has 2 aromatic carbocycles. The van der Waals surface area contributed by atoms with Crippen molar-refractivity contribution >= 4 is 34.1 Å². The van der Waals surface area contributed by atoms with Crippen LogP contribution in [-0.4, -0.2) is 16.6 Å². The molecular weight excluding hydrogens is 421 g/mol. The Kier molecular flexibility index (Phi) is 4.87. The van der Waals surface area contributed by atoms with Gasteiger partial charge in [0.2, 0.25) is 0 Å². The summed E-state index contributed by atoms with van der Waals surface area (Å²) in [6, 6.07) is 11.9. The third kappa shape index (κ3) is 3.21. The summed E-state index contributed by atoms with van der Waals surface area (Å²) >= 11 is 3.69. The molecule has 0 atom stereocenters. The van der Waals surface area contributed by atoms with Crippen LogP contribution in [0.15, 0.2) is 41.8 Å². The van der Waals surface area contributed by atoms with Gasteiger partial charge in [0, 0.05) is 26.1 Å². The molecule has 0 spiro atoms. The van der Waals surface area contributed by atoms with Crippen molar-refractivity contribution in [3.63, 3.8) is 0 Å². The first-order chi connectivity index (χ1) is 11.1. The second-order valence-electron chi connectivity index (χ2n) is 5.12. The topological polar surface area (TPSA) is 42.4 Å². The Balaban J connectivity index is 2.13. The summed E-state index contributed by atoms with van der Waals surface area (Å²) in [7, 11) is 1.62. The Morgan fingerprint density at radius 2 is 1.91 bits per heavy atom. The highest BCUT2D eigenvalue weighted by atomic mass is 127. The van der Waals surface area contributed by atoms with E-state index in [1.54, 1.807) is 13.2 Å². The normalized spacial score (nSPS) is 10.7. The van der Waals surface area contributed by atoms with Crippen LogP contribution in [0.1, 0.15) is 12.5 Å². The van der Waals surface area contributed by atoms with Gasteiger partial charge in [-0.05, 0) is 69.9 Å². The van der Waals surface area contributed by atoms with Crippen molar-refractivity contribution in [2.24, 2.45) is 0 Å². The number of nitrogens with zero attached hydrogens (tertiary/aromatic N) is 1. The van der Waals surface area contributed by atoms with Crippen molar-refractivity contribution in [1.29, 1.82) is 0 Å². The predicted molar refractivity (Wildman–Crippen MR) is 103 cm³/mol. The maximum absolute atomic E-state index is 10.4. The molecule has 5 heteroatoms. The van der Waals surface area contributed by atoms with Crippen LogP contribution in [0.3, 0.4) is 0 Å². The molecule has 3 nitrogen and oxygen atoms in total. The average Bonchev–Trinajstić information content (AvgIpc) is 3.04. The maximum atomic E-state index is 10.4. The van der Waals surface area contributed by atoms with Gasteiger partial charge in [-0.15, -0.1) is 0 Å². The zero-order valence-corrected chi connectivity index (χ0v) is 15.8. The van der Waals surface area contributed by atoms with E-state index in [2.05, 4.69) is 58.2 Å². The molecule has 23 heavy (non-hydrogen) atoms. The highest BCUT2D eigenvalue weighted by molar-refractivity contribution is 14.1. The first-order valence-electron chi connectivity index (χ1n) is 7.24. The number of benzene rings is 2. The van der Waals surface area contributed by atoms with E-state index in [-0.39, 0.29) is 5.75 Å². The molecule has 0 saturated heterocycles. The Morgan fingerprint density at radius 3 is 2.57 bits per heavy atom. The Morgan fingerprint density at radius 1 is 1.17 bits per heavy atom. The molecule has 0 aliphatic heterocycles. The van der Waals surface area contributed by atoms with E-state index in [0.717, 1.165) is 34.4 Å². The lowest BCUT2D eigenvalue weighted by molar-refractivity contribution is 0.403. The second kappa shape index (κ2) is 6.88. The van der Waals surface area contributed by atoms with Crippen molar-refractivity contribution in [2.75, 3.05) is 7.11 Å². The summed E-state index contributed by atoms with van der Waals surface area (Å²) in [5, 5.41) is 12.4. The summed E-state index contributed by atoms with van der Waals surface area (Å²) in [5.41, 5.74) is 4.75. The van der Waals surface area contributed by atoms with Gasteiger partial charge in [-0.3, -0.25) is 0 Å². The fourth-order valence-electron chi connectivity index (χ4n) is 2.54. The molecule has 0 fully saturated rings. The molecule has 0 radical (unpaired) electrons. The van der Waals surface area contributed by atoms with Crippen molar-refractivity contribution in [2.45, 2.75) is 13.3 Å². The molecular formula is C18H16INO2S. The zero-order chi connectivity index (χ0) is 16.4. The van der Waals surface area contributed by atoms with Crippen molar-refractivity contribution in [3.8, 4) is 33.9 Å². The third-order valence-electron chi connectivity index (χ3n) is 3.76. The fraction of sp³-hybridized carbons (Fsp3) is 0.167. The van der Waals surface area contributed by atoms with E-state index in [9.17, 15) is 5.11 Å². The lowest BCUT2D eigenvalue weighted by atomic mass is 9.98. The molecule has 3 rings (SSSR count). The smallest absolute Gasteiger partial charge is 0.128 e. The van der Waals surface area contributed by atoms with Gasteiger partial charge in [0.1, 0.15) is 11.5 Å². The number of methoxy groups -OCH3 is 1. The number of phenols is 1. The van der Waals surface area contributed by atoms with Crippen LogP contribution in [0, 0.1) is 3.57 Å². The molecule has 0 unspecified atom stereocenters. The molecule has 3 aromatic rings. The van der Waals surface area contributed by atoms with E-state index >= 15 is 0 Å². The Bertz CT molecular complexity index is 828. The highest BCUT2D eigenvalue weighted by Crippen LogP contribution is 2.40. The third-order valence-corrected chi connectivity index (χ3v) is 5.11. The summed E-state index contributed by atoms with van der Waals surface area (Å²) in [5.74, 6) is 0.900. The number of phenolic OH excluding ortho intramolecular Hbond substituents is 1. The van der Waals surface area contributed by atoms with Crippen LogP contribution >= 0.6 is 34.1 Å². The van der Waals surface area contributed by atoms with Crippen LogP contribution in [0.25, 0.3) is 22.4 Å². The molecule has 0 aliphatic rings. The molecule has 1 aromatic heterocycles. The van der Waals surface area contributed by atoms with Crippen LogP contribution in [0.2, 0.25) is 0 Å². The number of aryl methyl sites for hydroxylation is 1. The Labute approximate surface area is 153 Å². The van der Waals surface area contributed by atoms with Crippen LogP contribution in [-0.2, 0) is 6.42 Å². The maximum Gasteiger partial charge on any atom is 0.128 e. The van der Waals surface area contributed by atoms with E-state index in [1.807, 2.05) is 11.4 Å². The van der Waals surface area contributed by atoms with Gasteiger partial charge in [-0.25, -0.2) is 0 Å². The number of aromatic hydroxyl groups is 1. The monoisotopic (exact) mass is 437 g/mol. The number of rotatable bonds is 4. The number of aromatic nitrogens is 1. The quantitative estimate of drug-likeness (QED) is 0.559. The molecule has 0 bridgehead atoms. The predicted octanol–water partition coefficient (Wildman–Crippen LogP) is 5.36. The molecule has 1 N–H and O–H groups in total. The van der Waals surface area contributed by atoms with Gasteiger partial charge in [0.05, 0.1) is 12.8 Å². The summed E-state index contributed by atoms with van der Waals surface area (Å²) in [6.07, 6.45) is 0.833. The van der Waals surface area contributed by atoms with E-state index in [4.69, 9.17) is 4.74 Å². The van der Waals surface area contributed by atoms with E-state index in [1.165, 1.54) is 15.1 Å². The highest BCUT2D eigenvalue weighted by Gasteiger charge is 2.17. The van der Waals surface area contributed by atoms with Crippen LogP contribution < -0.4 is 4.74 Å². The lowest BCUT2D eigenvalue weighted by Crippen LogP contribution is -1.93. The Hall–Kier alpha value is -1.60. The minimum Gasteiger partial charge on any atom is -0.507 e. The first-order valence-corrected chi connectivity index (χ1v) is 9.16. The number of halogens is 1. The summed E-state index contributed by atoms with van der Waals surface area (Å²) < 4.78 is 11.0. The average molecular weight is 437 g/mol. The van der Waals surface area contributed by atoms with E-state index in [0.29, 0.717) is 5.75 Å². The zero-order valence-electron chi connectivity index (χ0n) is 12.8. The van der Waals surface area contributed by atoms with Gasteiger partial charge < -0.3 is 9.84 Å². The van der Waals surface area contributed by atoms with Crippen LogP contribution in [0.4, 0.5) is 0 Å². The molecule has 118 valence electrons. The van der Waals surface area contributed by atoms with Gasteiger partial charge in [0.15, 0.2) is 0 Å². The van der Waals surface area contributed by atoms with Crippen molar-refractivity contribution in [1.82, 2.24) is 4.37 Å². The largest absolute Gasteiger partial charge is 0.507 e. The van der Waals surface area contributed by atoms with Crippen LogP contribution in [0.5, 0.6) is 11.5 Å². The minimum absolute atomic E-state index is 0.191. The molecule has 0 aliphatic carbocycles. The molecule has 0 saturated carbocycles. The molecule has 1 heterocycles. The minimum atomic E-state index is 0.191. The van der Waals surface area contributed by atoms with Crippen molar-refractivity contribution in [3.05, 3.63) is 50.9 Å². The van der Waals surface area contributed by atoms with Gasteiger partial charge in [-0.1, -0.05) is 19.1 Å². The SMILES string of the molecule is CCc1cc(-c2nscc2-c2ccc(I)cc2)c(O)cc1OC. The van der Waals surface area contributed by atoms with Crippen molar-refractivity contribution < 1.29 is 9.84 Å². The van der Waals surface area contributed by atoms with Gasteiger partial charge in [0.25, 0.3) is 0 Å². The number of ether oxygens (including phenoxy) is 1. The van der Waals surface area contributed by atoms with Gasteiger partial charge in [-0.2, -0.15) is 4.37 Å². The molecule has 0 amide bonds. The lowest BCUT2D eigenvalue weighted by Gasteiger charge is -2.12. The number of hydrogen-bond donors (Lipinski definition) is 1. The second-order valence-corrected chi connectivity index (χ2v) is 6.99. The first kappa shape index (κ1) is 16.3.